The molecule has 0 saturated carbocycles. The summed E-state index contributed by atoms with van der Waals surface area (Å²) in [6, 6.07) is 35.7. The first-order valence-electron chi connectivity index (χ1n) is 29.8. The summed E-state index contributed by atoms with van der Waals surface area (Å²) in [5.41, 5.74) is 10.7. The molecular formula is C69H85ClN8O8+2. The molecule has 16 nitrogen and oxygen atoms in total. The van der Waals surface area contributed by atoms with Gasteiger partial charge in [-0.05, 0) is 163 Å². The number of anilines is 4. The SMILES string of the molecule is Cc1cc2nc3cc(C)c(N(CCCCCCCCCN(C(=O)OC(C)(C)CCl)c4cc5c(cc4C)nc4cc(C)c(NC(=O)OC(C)(C)C)cc4[n+]5-c4ccccc4)C(=O)OC(C)(C)C)cc3[n+](-c3ccccc3)c2cc1NC(=O)OC(C)(C)C. The van der Waals surface area contributed by atoms with Crippen LogP contribution >= 0.6 is 11.6 Å². The number of hydrogen-bond acceptors (Lipinski definition) is 10. The van der Waals surface area contributed by atoms with E-state index >= 15 is 0 Å². The highest BCUT2D eigenvalue weighted by Gasteiger charge is 2.32. The summed E-state index contributed by atoms with van der Waals surface area (Å²) in [4.78, 5) is 68.6. The van der Waals surface area contributed by atoms with Gasteiger partial charge < -0.3 is 18.9 Å². The largest absolute Gasteiger partial charge is 0.444 e. The fraction of sp³-hybridized carbons (Fsp3) is 0.420. The molecular weight excluding hydrogens is 1100 g/mol. The van der Waals surface area contributed by atoms with Crippen LogP contribution in [0.2, 0.25) is 0 Å². The molecule has 2 aromatic heterocycles. The molecule has 0 spiro atoms. The molecule has 0 aliphatic carbocycles. The predicted octanol–water partition coefficient (Wildman–Crippen LogP) is 16.7. The van der Waals surface area contributed by atoms with Gasteiger partial charge in [-0.1, -0.05) is 68.5 Å². The van der Waals surface area contributed by atoms with Crippen molar-refractivity contribution < 1.29 is 47.3 Å². The number of amides is 4. The van der Waals surface area contributed by atoms with E-state index in [1.54, 1.807) is 23.6 Å². The number of aryl methyl sites for hydroxylation is 4. The van der Waals surface area contributed by atoms with E-state index in [0.29, 0.717) is 42.3 Å². The molecule has 8 rings (SSSR count). The number of hydrogen-bond donors (Lipinski definition) is 2. The van der Waals surface area contributed by atoms with Crippen molar-refractivity contribution in [3.63, 3.8) is 0 Å². The normalized spacial score (nSPS) is 12.1. The van der Waals surface area contributed by atoms with Gasteiger partial charge in [0.1, 0.15) is 44.5 Å². The van der Waals surface area contributed by atoms with Crippen molar-refractivity contribution in [3.05, 3.63) is 131 Å². The van der Waals surface area contributed by atoms with Crippen LogP contribution in [0, 0.1) is 27.7 Å². The van der Waals surface area contributed by atoms with Gasteiger partial charge in [0.25, 0.3) is 0 Å². The van der Waals surface area contributed by atoms with Crippen molar-refractivity contribution in [2.45, 2.75) is 171 Å². The maximum Gasteiger partial charge on any atom is 0.414 e. The maximum atomic E-state index is 14.4. The Balaban J connectivity index is 1.01. The molecule has 0 atom stereocenters. The minimum atomic E-state index is -0.922. The van der Waals surface area contributed by atoms with Crippen molar-refractivity contribution in [3.8, 4) is 11.4 Å². The number of fused-ring (bicyclic) bond motifs is 4. The lowest BCUT2D eigenvalue weighted by Crippen LogP contribution is -2.40. The minimum absolute atomic E-state index is 0.116. The molecule has 0 aliphatic heterocycles. The van der Waals surface area contributed by atoms with Crippen LogP contribution < -0.4 is 29.6 Å². The molecule has 2 N–H and O–H groups in total. The number of aromatic nitrogens is 4. The summed E-state index contributed by atoms with van der Waals surface area (Å²) in [5, 5.41) is 5.90. The number of ether oxygens (including phenoxy) is 4. The molecule has 86 heavy (non-hydrogen) atoms. The fourth-order valence-electron chi connectivity index (χ4n) is 10.4. The van der Waals surface area contributed by atoms with Crippen LogP contribution in [0.5, 0.6) is 0 Å². The zero-order valence-corrected chi connectivity index (χ0v) is 53.5. The molecule has 0 unspecified atom stereocenters. The van der Waals surface area contributed by atoms with Gasteiger partial charge in [-0.25, -0.2) is 29.1 Å². The Morgan fingerprint density at radius 3 is 1.12 bits per heavy atom. The third kappa shape index (κ3) is 16.0. The van der Waals surface area contributed by atoms with E-state index in [2.05, 4.69) is 19.8 Å². The fourth-order valence-corrected chi connectivity index (χ4v) is 10.4. The van der Waals surface area contributed by atoms with Crippen molar-refractivity contribution in [1.82, 2.24) is 9.97 Å². The quantitative estimate of drug-likeness (QED) is 0.0277. The smallest absolute Gasteiger partial charge is 0.414 e. The van der Waals surface area contributed by atoms with E-state index in [0.717, 1.165) is 116 Å². The molecule has 4 amide bonds. The van der Waals surface area contributed by atoms with Gasteiger partial charge in [-0.3, -0.25) is 20.4 Å². The first-order chi connectivity index (χ1) is 40.5. The predicted molar refractivity (Wildman–Crippen MR) is 345 cm³/mol. The molecule has 0 bridgehead atoms. The van der Waals surface area contributed by atoms with Crippen molar-refractivity contribution >= 4 is 103 Å². The Kier molecular flexibility index (Phi) is 19.5. The first kappa shape index (κ1) is 63.9. The van der Waals surface area contributed by atoms with Crippen molar-refractivity contribution in [1.29, 1.82) is 0 Å². The van der Waals surface area contributed by atoms with Gasteiger partial charge >= 0.3 is 24.4 Å². The molecule has 17 heteroatoms. The van der Waals surface area contributed by atoms with Crippen LogP contribution in [-0.4, -0.2) is 75.7 Å². The van der Waals surface area contributed by atoms with Gasteiger partial charge in [0.05, 0.1) is 28.6 Å². The lowest BCUT2D eigenvalue weighted by molar-refractivity contribution is -0.538. The van der Waals surface area contributed by atoms with E-state index in [1.165, 1.54) is 0 Å². The zero-order valence-electron chi connectivity index (χ0n) is 52.8. The van der Waals surface area contributed by atoms with Gasteiger partial charge in [-0.15, -0.1) is 20.7 Å². The van der Waals surface area contributed by atoms with Crippen molar-refractivity contribution in [2.24, 2.45) is 0 Å². The van der Waals surface area contributed by atoms with Crippen LogP contribution in [0.15, 0.2) is 109 Å². The lowest BCUT2D eigenvalue weighted by atomic mass is 10.1. The second-order valence-electron chi connectivity index (χ2n) is 25.9. The van der Waals surface area contributed by atoms with E-state index in [9.17, 15) is 19.2 Å². The number of nitrogens with one attached hydrogen (secondary N) is 2. The highest BCUT2D eigenvalue weighted by Crippen LogP contribution is 2.34. The molecule has 0 aliphatic rings. The Bertz CT molecular complexity index is 3820. The minimum Gasteiger partial charge on any atom is -0.444 e. The number of benzene rings is 6. The highest BCUT2D eigenvalue weighted by molar-refractivity contribution is 6.18. The molecule has 454 valence electrons. The van der Waals surface area contributed by atoms with Gasteiger partial charge in [-0.2, -0.15) is 0 Å². The highest BCUT2D eigenvalue weighted by atomic mass is 35.5. The Morgan fingerprint density at radius 2 is 0.767 bits per heavy atom. The maximum absolute atomic E-state index is 14.4. The summed E-state index contributed by atoms with van der Waals surface area (Å²) in [6.07, 6.45) is 3.97. The molecule has 0 radical (unpaired) electrons. The first-order valence-corrected chi connectivity index (χ1v) is 30.3. The summed E-state index contributed by atoms with van der Waals surface area (Å²) in [7, 11) is 0. The number of unbranched alkanes of at least 4 members (excludes halogenated alkanes) is 6. The number of carbonyl (C=O) groups excluding carboxylic acids is 4. The number of nitrogens with zero attached hydrogens (tertiary/aromatic N) is 6. The Hall–Kier alpha value is -8.11. The zero-order chi connectivity index (χ0) is 62.5. The van der Waals surface area contributed by atoms with E-state index in [-0.39, 0.29) is 5.88 Å². The average molecular weight is 1190 g/mol. The summed E-state index contributed by atoms with van der Waals surface area (Å²) in [5.74, 6) is 0.116. The van der Waals surface area contributed by atoms with E-state index < -0.39 is 46.8 Å². The van der Waals surface area contributed by atoms with Crippen molar-refractivity contribution in [2.75, 3.05) is 39.4 Å². The number of para-hydroxylation sites is 2. The summed E-state index contributed by atoms with van der Waals surface area (Å²) >= 11 is 6.34. The number of rotatable bonds is 18. The molecule has 0 saturated heterocycles. The number of alkyl halides is 1. The van der Waals surface area contributed by atoms with Crippen LogP contribution in [-0.2, 0) is 18.9 Å². The average Bonchev–Trinajstić information content (AvgIpc) is 1.01. The summed E-state index contributed by atoms with van der Waals surface area (Å²) < 4.78 is 27.6. The lowest BCUT2D eigenvalue weighted by Gasteiger charge is -2.29. The topological polar surface area (TPSA) is 169 Å². The molecule has 8 aromatic rings. The monoisotopic (exact) mass is 1190 g/mol. The van der Waals surface area contributed by atoms with Crippen LogP contribution in [0.1, 0.15) is 143 Å². The second kappa shape index (κ2) is 26.2. The standard InChI is InChI=1S/C69H83ClN8O8/c1-44-35-52-58(39-50(44)73-62(79)83-66(5,6)7)77(48-29-23-21-24-30-48)60-41-56(46(3)37-54(60)71-52)75(64(81)85-68(11,12)13)33-27-19-17-16-18-20-28-34-76(65(82)86-69(14,15)43-70)57-42-61-55(38-47(57)4)72-53-36-45(2)51(74-63(80)84-67(8,9)10)40-59(53)78(61)49-31-25-22-26-32-49/h21-26,29-32,35-42H,16-20,27-28,33-34,43H2,1-15H3/p+2. The van der Waals surface area contributed by atoms with E-state index in [1.807, 2.05) is 199 Å². The Labute approximate surface area is 511 Å². The number of halogens is 1. The molecule has 0 fully saturated rings. The van der Waals surface area contributed by atoms with Gasteiger partial charge in [0, 0.05) is 61.6 Å². The number of carbonyl (C=O) groups is 4. The summed E-state index contributed by atoms with van der Waals surface area (Å²) in [6.45, 7) is 28.8. The molecule has 6 aromatic carbocycles. The molecule has 2 heterocycles. The Morgan fingerprint density at radius 1 is 0.442 bits per heavy atom. The van der Waals surface area contributed by atoms with Crippen LogP contribution in [0.3, 0.4) is 0 Å². The van der Waals surface area contributed by atoms with Gasteiger partial charge in [0.2, 0.25) is 33.4 Å². The van der Waals surface area contributed by atoms with Crippen LogP contribution in [0.4, 0.5) is 41.9 Å². The third-order valence-corrected chi connectivity index (χ3v) is 15.0. The van der Waals surface area contributed by atoms with E-state index in [4.69, 9.17) is 40.5 Å². The second-order valence-corrected chi connectivity index (χ2v) is 26.2. The third-order valence-electron chi connectivity index (χ3n) is 14.3. The van der Waals surface area contributed by atoms with Gasteiger partial charge in [0.15, 0.2) is 0 Å². The van der Waals surface area contributed by atoms with Crippen LogP contribution in [0.25, 0.3) is 55.5 Å².